The fourth-order valence-corrected chi connectivity index (χ4v) is 2.42. The fraction of sp³-hybridized carbons (Fsp3) is 0.583. The molecule has 1 aromatic rings. The zero-order valence-corrected chi connectivity index (χ0v) is 11.3. The minimum Gasteiger partial charge on any atom is -0.377 e. The van der Waals surface area contributed by atoms with Crippen LogP contribution >= 0.6 is 23.2 Å². The molecule has 0 saturated carbocycles. The van der Waals surface area contributed by atoms with E-state index in [2.05, 4.69) is 16.8 Å². The number of anilines is 1. The summed E-state index contributed by atoms with van der Waals surface area (Å²) in [4.78, 5) is 6.58. The van der Waals surface area contributed by atoms with Gasteiger partial charge in [0, 0.05) is 31.8 Å². The third-order valence-electron chi connectivity index (χ3n) is 2.78. The molecule has 2 rings (SSSR count). The SMILES string of the molecule is CC1CN(c2ncc(CCl)cc2Cl)CCCO1. The number of rotatable bonds is 2. The Balaban J connectivity index is 2.20. The van der Waals surface area contributed by atoms with Gasteiger partial charge < -0.3 is 9.64 Å². The number of pyridine rings is 1. The van der Waals surface area contributed by atoms with Gasteiger partial charge in [0.2, 0.25) is 0 Å². The summed E-state index contributed by atoms with van der Waals surface area (Å²) in [6, 6.07) is 1.88. The Hall–Kier alpha value is -0.510. The van der Waals surface area contributed by atoms with Gasteiger partial charge >= 0.3 is 0 Å². The highest BCUT2D eigenvalue weighted by Crippen LogP contribution is 2.26. The van der Waals surface area contributed by atoms with Crippen molar-refractivity contribution >= 4 is 29.0 Å². The summed E-state index contributed by atoms with van der Waals surface area (Å²) in [6.45, 7) is 4.62. The van der Waals surface area contributed by atoms with Gasteiger partial charge in [-0.1, -0.05) is 11.6 Å². The molecule has 17 heavy (non-hydrogen) atoms. The van der Waals surface area contributed by atoms with Gasteiger partial charge in [-0.25, -0.2) is 4.98 Å². The van der Waals surface area contributed by atoms with Crippen LogP contribution in [0.25, 0.3) is 0 Å². The fourth-order valence-electron chi connectivity index (χ4n) is 1.96. The van der Waals surface area contributed by atoms with Gasteiger partial charge in [-0.05, 0) is 25.0 Å². The molecule has 0 spiro atoms. The van der Waals surface area contributed by atoms with E-state index in [1.165, 1.54) is 0 Å². The Labute approximate surface area is 112 Å². The van der Waals surface area contributed by atoms with Gasteiger partial charge in [-0.3, -0.25) is 0 Å². The van der Waals surface area contributed by atoms with E-state index >= 15 is 0 Å². The van der Waals surface area contributed by atoms with Gasteiger partial charge in [0.15, 0.2) is 0 Å². The Morgan fingerprint density at radius 3 is 3.12 bits per heavy atom. The second-order valence-corrected chi connectivity index (χ2v) is 4.94. The molecule has 1 saturated heterocycles. The monoisotopic (exact) mass is 274 g/mol. The zero-order valence-electron chi connectivity index (χ0n) is 9.83. The van der Waals surface area contributed by atoms with Crippen LogP contribution in [0.3, 0.4) is 0 Å². The highest BCUT2D eigenvalue weighted by atomic mass is 35.5. The van der Waals surface area contributed by atoms with Gasteiger partial charge in [-0.2, -0.15) is 0 Å². The van der Waals surface area contributed by atoms with Crippen molar-refractivity contribution < 1.29 is 4.74 Å². The molecule has 0 N–H and O–H groups in total. The first kappa shape index (κ1) is 12.9. The Morgan fingerprint density at radius 2 is 2.41 bits per heavy atom. The lowest BCUT2D eigenvalue weighted by molar-refractivity contribution is 0.0820. The second-order valence-electron chi connectivity index (χ2n) is 4.26. The summed E-state index contributed by atoms with van der Waals surface area (Å²) in [5.41, 5.74) is 0.944. The molecule has 0 aromatic carbocycles. The summed E-state index contributed by atoms with van der Waals surface area (Å²) in [5, 5.41) is 0.664. The van der Waals surface area contributed by atoms with E-state index in [9.17, 15) is 0 Å². The molecule has 1 fully saturated rings. The first-order chi connectivity index (χ1) is 8.20. The first-order valence-corrected chi connectivity index (χ1v) is 6.69. The second kappa shape index (κ2) is 5.89. The summed E-state index contributed by atoms with van der Waals surface area (Å²) in [5.74, 6) is 1.27. The number of nitrogens with zero attached hydrogens (tertiary/aromatic N) is 2. The Morgan fingerprint density at radius 1 is 1.59 bits per heavy atom. The van der Waals surface area contributed by atoms with E-state index in [-0.39, 0.29) is 6.10 Å². The van der Waals surface area contributed by atoms with E-state index in [1.807, 2.05) is 6.07 Å². The van der Waals surface area contributed by atoms with Crippen LogP contribution in [0.4, 0.5) is 5.82 Å². The lowest BCUT2D eigenvalue weighted by Crippen LogP contribution is -2.31. The smallest absolute Gasteiger partial charge is 0.147 e. The van der Waals surface area contributed by atoms with Gasteiger partial charge in [0.05, 0.1) is 11.1 Å². The standard InChI is InChI=1S/C12H16Cl2N2O/c1-9-8-16(3-2-4-17-9)12-11(14)5-10(6-13)7-15-12/h5,7,9H,2-4,6,8H2,1H3. The predicted octanol–water partition coefficient (Wildman–Crippen LogP) is 3.09. The van der Waals surface area contributed by atoms with E-state index in [4.69, 9.17) is 27.9 Å². The Kier molecular flexibility index (Phi) is 4.48. The summed E-state index contributed by atoms with van der Waals surface area (Å²) in [6.07, 6.45) is 2.99. The van der Waals surface area contributed by atoms with Crippen LogP contribution in [0.1, 0.15) is 18.9 Å². The maximum absolute atomic E-state index is 6.24. The molecule has 5 heteroatoms. The minimum absolute atomic E-state index is 0.211. The molecule has 1 aliphatic rings. The number of alkyl halides is 1. The Bertz CT molecular complexity index is 387. The average molecular weight is 275 g/mol. The van der Waals surface area contributed by atoms with Crippen LogP contribution in [-0.2, 0) is 10.6 Å². The van der Waals surface area contributed by atoms with Crippen LogP contribution in [0.5, 0.6) is 0 Å². The van der Waals surface area contributed by atoms with Crippen LogP contribution < -0.4 is 4.90 Å². The highest BCUT2D eigenvalue weighted by molar-refractivity contribution is 6.33. The van der Waals surface area contributed by atoms with Gasteiger partial charge in [0.1, 0.15) is 5.82 Å². The molecule has 1 unspecified atom stereocenters. The van der Waals surface area contributed by atoms with E-state index in [0.717, 1.165) is 37.5 Å². The third-order valence-corrected chi connectivity index (χ3v) is 3.37. The van der Waals surface area contributed by atoms with Crippen LogP contribution in [0.15, 0.2) is 12.3 Å². The van der Waals surface area contributed by atoms with Crippen molar-refractivity contribution in [2.75, 3.05) is 24.6 Å². The molecular formula is C12H16Cl2N2O. The van der Waals surface area contributed by atoms with Crippen molar-refractivity contribution in [2.45, 2.75) is 25.3 Å². The van der Waals surface area contributed by atoms with Crippen molar-refractivity contribution in [3.63, 3.8) is 0 Å². The first-order valence-electron chi connectivity index (χ1n) is 5.77. The highest BCUT2D eigenvalue weighted by Gasteiger charge is 2.18. The lowest BCUT2D eigenvalue weighted by Gasteiger charge is -2.24. The van der Waals surface area contributed by atoms with E-state index in [0.29, 0.717) is 10.9 Å². The molecule has 0 bridgehead atoms. The molecule has 1 aromatic heterocycles. The zero-order chi connectivity index (χ0) is 12.3. The maximum Gasteiger partial charge on any atom is 0.147 e. The molecule has 94 valence electrons. The molecule has 0 radical (unpaired) electrons. The normalized spacial score (nSPS) is 21.4. The van der Waals surface area contributed by atoms with Crippen molar-refractivity contribution in [2.24, 2.45) is 0 Å². The van der Waals surface area contributed by atoms with Crippen molar-refractivity contribution in [3.05, 3.63) is 22.8 Å². The quantitative estimate of drug-likeness (QED) is 0.775. The topological polar surface area (TPSA) is 25.4 Å². The molecule has 3 nitrogen and oxygen atoms in total. The van der Waals surface area contributed by atoms with E-state index < -0.39 is 0 Å². The molecule has 0 aliphatic carbocycles. The van der Waals surface area contributed by atoms with Gasteiger partial charge in [-0.15, -0.1) is 11.6 Å². The van der Waals surface area contributed by atoms with E-state index in [1.54, 1.807) is 6.20 Å². The number of hydrogen-bond donors (Lipinski definition) is 0. The third kappa shape index (κ3) is 3.24. The summed E-state index contributed by atoms with van der Waals surface area (Å²) >= 11 is 12.0. The predicted molar refractivity (Wildman–Crippen MR) is 71.0 cm³/mol. The number of hydrogen-bond acceptors (Lipinski definition) is 3. The van der Waals surface area contributed by atoms with Crippen molar-refractivity contribution in [1.82, 2.24) is 4.98 Å². The summed E-state index contributed by atoms with van der Waals surface area (Å²) < 4.78 is 5.61. The van der Waals surface area contributed by atoms with Crippen molar-refractivity contribution in [3.8, 4) is 0 Å². The summed E-state index contributed by atoms with van der Waals surface area (Å²) in [7, 11) is 0. The average Bonchev–Trinajstić information content (AvgIpc) is 2.53. The van der Waals surface area contributed by atoms with Crippen LogP contribution in [0.2, 0.25) is 5.02 Å². The molecular weight excluding hydrogens is 259 g/mol. The molecule has 1 atom stereocenters. The number of aromatic nitrogens is 1. The van der Waals surface area contributed by atoms with Gasteiger partial charge in [0.25, 0.3) is 0 Å². The largest absolute Gasteiger partial charge is 0.377 e. The van der Waals surface area contributed by atoms with Crippen LogP contribution in [-0.4, -0.2) is 30.8 Å². The molecule has 0 amide bonds. The minimum atomic E-state index is 0.211. The maximum atomic E-state index is 6.24. The number of halogens is 2. The van der Waals surface area contributed by atoms with Crippen molar-refractivity contribution in [1.29, 1.82) is 0 Å². The van der Waals surface area contributed by atoms with Crippen LogP contribution in [0, 0.1) is 0 Å². The molecule has 1 aliphatic heterocycles. The molecule has 2 heterocycles. The lowest BCUT2D eigenvalue weighted by atomic mass is 10.3. The number of ether oxygens (including phenoxy) is 1.